The summed E-state index contributed by atoms with van der Waals surface area (Å²) in [6, 6.07) is 9.31. The molecule has 0 saturated carbocycles. The summed E-state index contributed by atoms with van der Waals surface area (Å²) >= 11 is 0. The summed E-state index contributed by atoms with van der Waals surface area (Å²) in [4.78, 5) is 13.8. The Morgan fingerprint density at radius 2 is 2.13 bits per heavy atom. The lowest BCUT2D eigenvalue weighted by atomic mass is 10.1. The zero-order chi connectivity index (χ0) is 10.7. The van der Waals surface area contributed by atoms with Gasteiger partial charge < -0.3 is 10.2 Å². The topological polar surface area (TPSA) is 32.3 Å². The molecule has 0 aromatic heterocycles. The second kappa shape index (κ2) is 4.17. The standard InChI is InChI=1S/C12H14N2O/c1-14-8-7-13-12(14)9-11(15)10-5-3-2-4-6-10/h2-6,9,13H,7-8H2,1H3. The molecule has 0 radical (unpaired) electrons. The third-order valence-electron chi connectivity index (χ3n) is 2.49. The van der Waals surface area contributed by atoms with E-state index in [1.807, 2.05) is 42.3 Å². The number of hydrogen-bond donors (Lipinski definition) is 1. The smallest absolute Gasteiger partial charge is 0.189 e. The zero-order valence-corrected chi connectivity index (χ0v) is 8.73. The van der Waals surface area contributed by atoms with Crippen molar-refractivity contribution in [1.29, 1.82) is 0 Å². The van der Waals surface area contributed by atoms with Crippen LogP contribution in [0.3, 0.4) is 0 Å². The van der Waals surface area contributed by atoms with E-state index in [-0.39, 0.29) is 5.78 Å². The fourth-order valence-corrected chi connectivity index (χ4v) is 1.58. The highest BCUT2D eigenvalue weighted by Crippen LogP contribution is 2.07. The number of allylic oxidation sites excluding steroid dienone is 1. The molecule has 0 bridgehead atoms. The van der Waals surface area contributed by atoms with Crippen molar-refractivity contribution >= 4 is 5.78 Å². The average molecular weight is 202 g/mol. The van der Waals surface area contributed by atoms with Gasteiger partial charge in [0.25, 0.3) is 0 Å². The van der Waals surface area contributed by atoms with E-state index in [2.05, 4.69) is 5.32 Å². The van der Waals surface area contributed by atoms with Crippen molar-refractivity contribution in [3.8, 4) is 0 Å². The summed E-state index contributed by atoms with van der Waals surface area (Å²) in [5.74, 6) is 0.954. The molecule has 1 aromatic carbocycles. The van der Waals surface area contributed by atoms with Crippen LogP contribution >= 0.6 is 0 Å². The van der Waals surface area contributed by atoms with Crippen LogP contribution in [0.25, 0.3) is 0 Å². The van der Waals surface area contributed by atoms with Crippen molar-refractivity contribution in [2.24, 2.45) is 0 Å². The van der Waals surface area contributed by atoms with Gasteiger partial charge in [-0.15, -0.1) is 0 Å². The number of nitrogens with one attached hydrogen (secondary N) is 1. The molecule has 1 saturated heterocycles. The van der Waals surface area contributed by atoms with Crippen molar-refractivity contribution in [2.45, 2.75) is 0 Å². The van der Waals surface area contributed by atoms with E-state index >= 15 is 0 Å². The Hall–Kier alpha value is -1.77. The number of ketones is 1. The lowest BCUT2D eigenvalue weighted by Crippen LogP contribution is -2.15. The highest BCUT2D eigenvalue weighted by atomic mass is 16.1. The highest BCUT2D eigenvalue weighted by molar-refractivity contribution is 6.04. The summed E-state index contributed by atoms with van der Waals surface area (Å²) in [7, 11) is 1.98. The van der Waals surface area contributed by atoms with E-state index in [9.17, 15) is 4.79 Å². The molecule has 15 heavy (non-hydrogen) atoms. The van der Waals surface area contributed by atoms with E-state index in [0.29, 0.717) is 0 Å². The molecular formula is C12H14N2O. The van der Waals surface area contributed by atoms with Crippen molar-refractivity contribution in [2.75, 3.05) is 20.1 Å². The molecule has 1 fully saturated rings. The molecule has 2 rings (SSSR count). The van der Waals surface area contributed by atoms with Crippen molar-refractivity contribution in [1.82, 2.24) is 10.2 Å². The number of likely N-dealkylation sites (N-methyl/N-ethyl adjacent to an activating group) is 1. The van der Waals surface area contributed by atoms with Crippen molar-refractivity contribution in [3.05, 3.63) is 47.8 Å². The lowest BCUT2D eigenvalue weighted by Gasteiger charge is -2.10. The predicted molar refractivity (Wildman–Crippen MR) is 59.5 cm³/mol. The van der Waals surface area contributed by atoms with Crippen molar-refractivity contribution in [3.63, 3.8) is 0 Å². The minimum Gasteiger partial charge on any atom is -0.370 e. The molecule has 0 spiro atoms. The molecule has 1 aromatic rings. The molecule has 0 aliphatic carbocycles. The molecular weight excluding hydrogens is 188 g/mol. The van der Waals surface area contributed by atoms with E-state index in [1.165, 1.54) is 0 Å². The first kappa shape index (κ1) is 9.77. The number of carbonyl (C=O) groups excluding carboxylic acids is 1. The SMILES string of the molecule is CN1CCNC1=CC(=O)c1ccccc1. The minimum absolute atomic E-state index is 0.0480. The molecule has 1 aliphatic rings. The van der Waals surface area contributed by atoms with Crippen LogP contribution in [-0.2, 0) is 0 Å². The summed E-state index contributed by atoms with van der Waals surface area (Å²) in [6.07, 6.45) is 1.66. The third-order valence-corrected chi connectivity index (χ3v) is 2.49. The maximum atomic E-state index is 11.8. The molecule has 0 amide bonds. The molecule has 1 heterocycles. The maximum Gasteiger partial charge on any atom is 0.189 e. The predicted octanol–water partition coefficient (Wildman–Crippen LogP) is 1.25. The fraction of sp³-hybridized carbons (Fsp3) is 0.250. The van der Waals surface area contributed by atoms with E-state index in [1.54, 1.807) is 6.08 Å². The van der Waals surface area contributed by atoms with Gasteiger partial charge in [-0.05, 0) is 0 Å². The van der Waals surface area contributed by atoms with Gasteiger partial charge in [0.2, 0.25) is 0 Å². The Morgan fingerprint density at radius 3 is 2.73 bits per heavy atom. The molecule has 0 unspecified atom stereocenters. The van der Waals surface area contributed by atoms with Gasteiger partial charge in [-0.2, -0.15) is 0 Å². The Kier molecular flexibility index (Phi) is 2.72. The Balaban J connectivity index is 2.16. The van der Waals surface area contributed by atoms with Crippen LogP contribution < -0.4 is 5.32 Å². The Morgan fingerprint density at radius 1 is 1.40 bits per heavy atom. The van der Waals surface area contributed by atoms with Crippen LogP contribution in [0, 0.1) is 0 Å². The summed E-state index contributed by atoms with van der Waals surface area (Å²) in [5, 5.41) is 3.17. The highest BCUT2D eigenvalue weighted by Gasteiger charge is 2.13. The van der Waals surface area contributed by atoms with Crippen LogP contribution in [0.4, 0.5) is 0 Å². The van der Waals surface area contributed by atoms with E-state index in [0.717, 1.165) is 24.5 Å². The van der Waals surface area contributed by atoms with Gasteiger partial charge in [-0.1, -0.05) is 30.3 Å². The van der Waals surface area contributed by atoms with Crippen LogP contribution in [-0.4, -0.2) is 30.8 Å². The van der Waals surface area contributed by atoms with Gasteiger partial charge in [0, 0.05) is 31.8 Å². The third kappa shape index (κ3) is 2.18. The molecule has 1 aliphatic heterocycles. The number of carbonyl (C=O) groups is 1. The lowest BCUT2D eigenvalue weighted by molar-refractivity contribution is 0.104. The summed E-state index contributed by atoms with van der Waals surface area (Å²) in [6.45, 7) is 1.86. The van der Waals surface area contributed by atoms with Gasteiger partial charge in [0.15, 0.2) is 5.78 Å². The maximum absolute atomic E-state index is 11.8. The first-order valence-corrected chi connectivity index (χ1v) is 5.03. The second-order valence-electron chi connectivity index (χ2n) is 3.61. The molecule has 0 atom stereocenters. The van der Waals surface area contributed by atoms with Crippen LogP contribution in [0.15, 0.2) is 42.2 Å². The monoisotopic (exact) mass is 202 g/mol. The number of rotatable bonds is 2. The van der Waals surface area contributed by atoms with Gasteiger partial charge in [-0.3, -0.25) is 4.79 Å². The molecule has 1 N–H and O–H groups in total. The molecule has 78 valence electrons. The zero-order valence-electron chi connectivity index (χ0n) is 8.73. The first-order valence-electron chi connectivity index (χ1n) is 5.03. The molecule has 3 nitrogen and oxygen atoms in total. The van der Waals surface area contributed by atoms with Crippen LogP contribution in [0.2, 0.25) is 0 Å². The minimum atomic E-state index is 0.0480. The normalized spacial score (nSPS) is 17.9. The van der Waals surface area contributed by atoms with Gasteiger partial charge in [-0.25, -0.2) is 0 Å². The number of nitrogens with zero attached hydrogens (tertiary/aromatic N) is 1. The molecule has 3 heteroatoms. The Labute approximate surface area is 89.4 Å². The Bertz CT molecular complexity index is 384. The van der Waals surface area contributed by atoms with Gasteiger partial charge in [0.1, 0.15) is 5.82 Å². The van der Waals surface area contributed by atoms with Gasteiger partial charge >= 0.3 is 0 Å². The quantitative estimate of drug-likeness (QED) is 0.578. The van der Waals surface area contributed by atoms with E-state index < -0.39 is 0 Å². The largest absolute Gasteiger partial charge is 0.370 e. The second-order valence-corrected chi connectivity index (χ2v) is 3.61. The first-order chi connectivity index (χ1) is 7.27. The number of benzene rings is 1. The van der Waals surface area contributed by atoms with Crippen molar-refractivity contribution < 1.29 is 4.79 Å². The number of hydrogen-bond acceptors (Lipinski definition) is 3. The van der Waals surface area contributed by atoms with Crippen LogP contribution in [0.5, 0.6) is 0 Å². The van der Waals surface area contributed by atoms with Gasteiger partial charge in [0.05, 0.1) is 0 Å². The van der Waals surface area contributed by atoms with Crippen LogP contribution in [0.1, 0.15) is 10.4 Å². The van der Waals surface area contributed by atoms with E-state index in [4.69, 9.17) is 0 Å². The average Bonchev–Trinajstić information content (AvgIpc) is 2.66. The summed E-state index contributed by atoms with van der Waals surface area (Å²) in [5.41, 5.74) is 0.729. The fourth-order valence-electron chi connectivity index (χ4n) is 1.58. The summed E-state index contributed by atoms with van der Waals surface area (Å²) < 4.78 is 0.